The van der Waals surface area contributed by atoms with Gasteiger partial charge in [0.2, 0.25) is 0 Å². The van der Waals surface area contributed by atoms with Gasteiger partial charge in [-0.3, -0.25) is 4.79 Å². The van der Waals surface area contributed by atoms with Gasteiger partial charge >= 0.3 is 12.1 Å². The summed E-state index contributed by atoms with van der Waals surface area (Å²) >= 11 is 0. The topological polar surface area (TPSA) is 88.4 Å². The van der Waals surface area contributed by atoms with E-state index < -0.39 is 23.6 Å². The molecule has 0 saturated carbocycles. The third kappa shape index (κ3) is 4.11. The molecule has 0 aromatic heterocycles. The largest absolute Gasteiger partial charge is 0.465 e. The molecule has 7 heteroatoms. The third-order valence-electron chi connectivity index (χ3n) is 2.51. The number of oxime groups is 1. The highest BCUT2D eigenvalue weighted by Gasteiger charge is 2.39. The fourth-order valence-electron chi connectivity index (χ4n) is 1.72. The predicted octanol–water partition coefficient (Wildman–Crippen LogP) is 1.25. The van der Waals surface area contributed by atoms with Gasteiger partial charge in [0.1, 0.15) is 11.5 Å². The second kappa shape index (κ2) is 5.90. The van der Waals surface area contributed by atoms with Crippen LogP contribution in [0.5, 0.6) is 0 Å². The number of esters is 1. The van der Waals surface area contributed by atoms with Crippen molar-refractivity contribution in [1.29, 1.82) is 0 Å². The maximum absolute atomic E-state index is 11.9. The molecule has 1 aliphatic rings. The van der Waals surface area contributed by atoms with Crippen LogP contribution in [0.4, 0.5) is 4.79 Å². The van der Waals surface area contributed by atoms with E-state index in [9.17, 15) is 9.59 Å². The standard InChI is InChI=1S/C12H20N2O5/c1-5-18-10(15)8-6-14(7-9(8)13-17)11(16)19-12(2,3)4/h8,17H,5-7H2,1-4H3/b13-9-. The van der Waals surface area contributed by atoms with E-state index in [1.807, 2.05) is 0 Å². The molecule has 1 unspecified atom stereocenters. The molecule has 7 nitrogen and oxygen atoms in total. The molecular formula is C12H20N2O5. The van der Waals surface area contributed by atoms with E-state index in [2.05, 4.69) is 5.16 Å². The Bertz CT molecular complexity index is 386. The molecular weight excluding hydrogens is 252 g/mol. The zero-order chi connectivity index (χ0) is 14.6. The average molecular weight is 272 g/mol. The number of rotatable bonds is 2. The minimum absolute atomic E-state index is 0.0644. The van der Waals surface area contributed by atoms with Gasteiger partial charge in [-0.25, -0.2) is 4.79 Å². The molecule has 0 spiro atoms. The molecule has 0 radical (unpaired) electrons. The minimum Gasteiger partial charge on any atom is -0.465 e. The van der Waals surface area contributed by atoms with Crippen LogP contribution in [-0.2, 0) is 14.3 Å². The highest BCUT2D eigenvalue weighted by atomic mass is 16.6. The summed E-state index contributed by atoms with van der Waals surface area (Å²) in [5.74, 6) is -1.22. The second-order valence-electron chi connectivity index (χ2n) is 5.26. The molecule has 1 fully saturated rings. The normalized spacial score (nSPS) is 21.6. The number of ether oxygens (including phenoxy) is 2. The molecule has 1 heterocycles. The lowest BCUT2D eigenvalue weighted by molar-refractivity contribution is -0.145. The summed E-state index contributed by atoms with van der Waals surface area (Å²) in [7, 11) is 0. The van der Waals surface area contributed by atoms with Crippen LogP contribution >= 0.6 is 0 Å². The first-order chi connectivity index (χ1) is 8.78. The zero-order valence-corrected chi connectivity index (χ0v) is 11.7. The molecule has 1 aliphatic heterocycles. The fraction of sp³-hybridized carbons (Fsp3) is 0.750. The van der Waals surface area contributed by atoms with E-state index in [0.29, 0.717) is 0 Å². The van der Waals surface area contributed by atoms with Crippen molar-refractivity contribution in [2.45, 2.75) is 33.3 Å². The molecule has 0 aromatic rings. The van der Waals surface area contributed by atoms with Gasteiger partial charge < -0.3 is 19.6 Å². The quantitative estimate of drug-likeness (QED) is 0.464. The van der Waals surface area contributed by atoms with Crippen molar-refractivity contribution in [2.75, 3.05) is 19.7 Å². The van der Waals surface area contributed by atoms with Gasteiger partial charge in [0.25, 0.3) is 0 Å². The molecule has 1 N–H and O–H groups in total. The molecule has 1 saturated heterocycles. The summed E-state index contributed by atoms with van der Waals surface area (Å²) in [4.78, 5) is 24.9. The molecule has 0 aliphatic carbocycles. The van der Waals surface area contributed by atoms with Gasteiger partial charge in [-0.15, -0.1) is 0 Å². The Morgan fingerprint density at radius 2 is 2.11 bits per heavy atom. The zero-order valence-electron chi connectivity index (χ0n) is 11.7. The number of carbonyl (C=O) groups excluding carboxylic acids is 2. The molecule has 0 bridgehead atoms. The van der Waals surface area contributed by atoms with E-state index in [4.69, 9.17) is 14.7 Å². The molecule has 1 amide bonds. The lowest BCUT2D eigenvalue weighted by atomic mass is 10.1. The highest BCUT2D eigenvalue weighted by molar-refractivity contribution is 6.06. The van der Waals surface area contributed by atoms with E-state index in [0.717, 1.165) is 0 Å². The van der Waals surface area contributed by atoms with Gasteiger partial charge in [-0.2, -0.15) is 0 Å². The summed E-state index contributed by atoms with van der Waals surface area (Å²) in [5.41, 5.74) is -0.403. The van der Waals surface area contributed by atoms with Crippen LogP contribution in [0.2, 0.25) is 0 Å². The first kappa shape index (κ1) is 15.3. The van der Waals surface area contributed by atoms with Gasteiger partial charge in [-0.05, 0) is 27.7 Å². The fourth-order valence-corrected chi connectivity index (χ4v) is 1.72. The minimum atomic E-state index is -0.725. The van der Waals surface area contributed by atoms with Crippen molar-refractivity contribution in [1.82, 2.24) is 4.90 Å². The Kier molecular flexibility index (Phi) is 4.74. The Balaban J connectivity index is 2.72. The van der Waals surface area contributed by atoms with Gasteiger partial charge in [-0.1, -0.05) is 5.16 Å². The van der Waals surface area contributed by atoms with Crippen LogP contribution in [0.1, 0.15) is 27.7 Å². The smallest absolute Gasteiger partial charge is 0.410 e. The summed E-state index contributed by atoms with van der Waals surface area (Å²) in [6.45, 7) is 7.36. The van der Waals surface area contributed by atoms with E-state index in [1.165, 1.54) is 4.90 Å². The number of hydrogen-bond acceptors (Lipinski definition) is 6. The maximum Gasteiger partial charge on any atom is 0.410 e. The summed E-state index contributed by atoms with van der Waals surface area (Å²) in [6.07, 6.45) is -0.541. The van der Waals surface area contributed by atoms with Crippen LogP contribution in [0, 0.1) is 5.92 Å². The van der Waals surface area contributed by atoms with Crippen LogP contribution in [0.3, 0.4) is 0 Å². The molecule has 19 heavy (non-hydrogen) atoms. The predicted molar refractivity (Wildman–Crippen MR) is 67.2 cm³/mol. The summed E-state index contributed by atoms with van der Waals surface area (Å²) in [5, 5.41) is 12.0. The Hall–Kier alpha value is -1.79. The van der Waals surface area contributed by atoms with Crippen molar-refractivity contribution >= 4 is 17.8 Å². The van der Waals surface area contributed by atoms with Crippen molar-refractivity contribution in [3.63, 3.8) is 0 Å². The van der Waals surface area contributed by atoms with Crippen molar-refractivity contribution in [3.8, 4) is 0 Å². The lowest BCUT2D eigenvalue weighted by Crippen LogP contribution is -2.36. The van der Waals surface area contributed by atoms with Crippen molar-refractivity contribution in [2.24, 2.45) is 11.1 Å². The second-order valence-corrected chi connectivity index (χ2v) is 5.26. The van der Waals surface area contributed by atoms with E-state index in [1.54, 1.807) is 27.7 Å². The molecule has 0 aromatic carbocycles. The first-order valence-electron chi connectivity index (χ1n) is 6.14. The highest BCUT2D eigenvalue weighted by Crippen LogP contribution is 2.19. The van der Waals surface area contributed by atoms with E-state index >= 15 is 0 Å². The third-order valence-corrected chi connectivity index (χ3v) is 2.51. The Morgan fingerprint density at radius 1 is 1.47 bits per heavy atom. The van der Waals surface area contributed by atoms with Gasteiger partial charge in [0.15, 0.2) is 0 Å². The van der Waals surface area contributed by atoms with E-state index in [-0.39, 0.29) is 25.4 Å². The average Bonchev–Trinajstić information content (AvgIpc) is 2.71. The SMILES string of the molecule is CCOC(=O)C1CN(C(=O)OC(C)(C)C)C/C1=N/O. The van der Waals surface area contributed by atoms with Crippen LogP contribution < -0.4 is 0 Å². The Labute approximate surface area is 112 Å². The summed E-state index contributed by atoms with van der Waals surface area (Å²) < 4.78 is 10.1. The number of hydrogen-bond donors (Lipinski definition) is 1. The first-order valence-corrected chi connectivity index (χ1v) is 6.14. The van der Waals surface area contributed by atoms with Crippen LogP contribution in [0.25, 0.3) is 0 Å². The van der Waals surface area contributed by atoms with Crippen molar-refractivity contribution < 1.29 is 24.3 Å². The number of likely N-dealkylation sites (tertiary alicyclic amines) is 1. The lowest BCUT2D eigenvalue weighted by Gasteiger charge is -2.23. The number of nitrogens with zero attached hydrogens (tertiary/aromatic N) is 2. The van der Waals surface area contributed by atoms with Crippen LogP contribution in [-0.4, -0.2) is 53.2 Å². The maximum atomic E-state index is 11.9. The molecule has 108 valence electrons. The molecule has 1 rings (SSSR count). The van der Waals surface area contributed by atoms with Gasteiger partial charge in [0, 0.05) is 6.54 Å². The number of carbonyl (C=O) groups is 2. The monoisotopic (exact) mass is 272 g/mol. The molecule has 1 atom stereocenters. The number of amides is 1. The van der Waals surface area contributed by atoms with Crippen molar-refractivity contribution in [3.05, 3.63) is 0 Å². The summed E-state index contributed by atoms with van der Waals surface area (Å²) in [6, 6.07) is 0. The van der Waals surface area contributed by atoms with Gasteiger partial charge in [0.05, 0.1) is 18.9 Å². The Morgan fingerprint density at radius 3 is 2.58 bits per heavy atom. The van der Waals surface area contributed by atoms with Crippen LogP contribution in [0.15, 0.2) is 5.16 Å².